The molecule has 0 aliphatic rings. The van der Waals surface area contributed by atoms with Crippen LogP contribution >= 0.6 is 11.6 Å². The van der Waals surface area contributed by atoms with Crippen molar-refractivity contribution in [3.8, 4) is 17.0 Å². The second kappa shape index (κ2) is 15.6. The Labute approximate surface area is 290 Å². The summed E-state index contributed by atoms with van der Waals surface area (Å²) in [5, 5.41) is 16.5. The summed E-state index contributed by atoms with van der Waals surface area (Å²) in [5.41, 5.74) is -4.72. The minimum Gasteiger partial charge on any atom is -0.496 e. The van der Waals surface area contributed by atoms with E-state index in [1.54, 1.807) is 30.3 Å². The number of Topliss-reactive ketones (excluding diaryl/α,β-unsaturated/α-hetero) is 1. The van der Waals surface area contributed by atoms with Crippen LogP contribution in [0.5, 0.6) is 5.75 Å². The fraction of sp³-hybridized carbons (Fsp3) is 0.278. The van der Waals surface area contributed by atoms with E-state index in [0.717, 1.165) is 18.2 Å². The molecular weight excluding hydrogens is 682 g/mol. The molecule has 0 aliphatic heterocycles. The second-order valence-corrected chi connectivity index (χ2v) is 12.1. The number of carbonyl (C=O) groups is 2. The third kappa shape index (κ3) is 8.88. The van der Waals surface area contributed by atoms with Crippen LogP contribution in [0.25, 0.3) is 16.3 Å². The lowest BCUT2D eigenvalue weighted by Gasteiger charge is -2.33. The molecule has 0 fully saturated rings. The van der Waals surface area contributed by atoms with Crippen LogP contribution < -0.4 is 10.1 Å². The fourth-order valence-corrected chi connectivity index (χ4v) is 5.17. The molecule has 0 saturated carbocycles. The van der Waals surface area contributed by atoms with Crippen molar-refractivity contribution in [3.05, 3.63) is 129 Å². The Kier molecular flexibility index (Phi) is 11.7. The van der Waals surface area contributed by atoms with Gasteiger partial charge in [-0.05, 0) is 72.8 Å². The summed E-state index contributed by atoms with van der Waals surface area (Å²) in [6.07, 6.45) is -8.11. The molecule has 1 unspecified atom stereocenters. The number of hydrogen-bond acceptors (Lipinski definition) is 7. The Morgan fingerprint density at radius 1 is 1.00 bits per heavy atom. The molecular formula is C36H32ClF4N3O6. The molecule has 262 valence electrons. The lowest BCUT2D eigenvalue weighted by molar-refractivity contribution is -0.270. The highest BCUT2D eigenvalue weighted by Crippen LogP contribution is 2.44. The lowest BCUT2D eigenvalue weighted by Crippen LogP contribution is -2.45. The van der Waals surface area contributed by atoms with E-state index in [1.165, 1.54) is 51.3 Å². The van der Waals surface area contributed by atoms with Crippen LogP contribution in [0.15, 0.2) is 78.9 Å². The maximum Gasteiger partial charge on any atom is 0.422 e. The molecule has 0 spiro atoms. The quantitative estimate of drug-likeness (QED) is 0.0619. The van der Waals surface area contributed by atoms with E-state index < -0.39 is 53.5 Å². The van der Waals surface area contributed by atoms with Crippen molar-refractivity contribution in [2.45, 2.75) is 57.2 Å². The number of hydrogen-bond donors (Lipinski definition) is 2. The van der Waals surface area contributed by atoms with Gasteiger partial charge < -0.3 is 19.9 Å². The van der Waals surface area contributed by atoms with Gasteiger partial charge in [0.25, 0.3) is 0 Å². The van der Waals surface area contributed by atoms with Gasteiger partial charge in [-0.15, -0.1) is 0 Å². The number of aromatic nitrogens is 1. The first kappa shape index (κ1) is 37.6. The Morgan fingerprint density at radius 2 is 1.72 bits per heavy atom. The smallest absolute Gasteiger partial charge is 0.422 e. The van der Waals surface area contributed by atoms with Crippen LogP contribution in [-0.2, 0) is 33.9 Å². The largest absolute Gasteiger partial charge is 0.496 e. The number of ether oxygens (including phenoxy) is 2. The monoisotopic (exact) mass is 713 g/mol. The van der Waals surface area contributed by atoms with Crippen molar-refractivity contribution in [1.82, 2.24) is 10.3 Å². The molecule has 4 rings (SSSR count). The summed E-state index contributed by atoms with van der Waals surface area (Å²) in [6, 6.07) is 18.7. The summed E-state index contributed by atoms with van der Waals surface area (Å²) in [6.45, 7) is 9.57. The van der Waals surface area contributed by atoms with Crippen molar-refractivity contribution < 1.29 is 46.6 Å². The third-order valence-electron chi connectivity index (χ3n) is 7.89. The summed E-state index contributed by atoms with van der Waals surface area (Å²) in [5.74, 6) is -1.34. The zero-order valence-electron chi connectivity index (χ0n) is 27.1. The molecule has 0 bridgehead atoms. The van der Waals surface area contributed by atoms with Crippen LogP contribution in [0.4, 0.5) is 22.4 Å². The first-order valence-electron chi connectivity index (χ1n) is 15.0. The van der Waals surface area contributed by atoms with Crippen LogP contribution in [0, 0.1) is 12.4 Å². The summed E-state index contributed by atoms with van der Waals surface area (Å²) in [4.78, 5) is 34.8. The van der Waals surface area contributed by atoms with Crippen LogP contribution in [-0.4, -0.2) is 35.3 Å². The molecule has 0 saturated heterocycles. The van der Waals surface area contributed by atoms with E-state index in [0.29, 0.717) is 11.1 Å². The number of nitrogens with zero attached hydrogens (tertiary/aromatic N) is 2. The summed E-state index contributed by atoms with van der Waals surface area (Å²) >= 11 is 5.98. The van der Waals surface area contributed by atoms with E-state index in [-0.39, 0.29) is 46.4 Å². The first-order chi connectivity index (χ1) is 23.6. The van der Waals surface area contributed by atoms with E-state index in [9.17, 15) is 32.3 Å². The molecule has 3 aromatic carbocycles. The molecule has 14 heteroatoms. The predicted molar refractivity (Wildman–Crippen MR) is 175 cm³/mol. The van der Waals surface area contributed by atoms with Gasteiger partial charge in [0.15, 0.2) is 5.78 Å². The van der Waals surface area contributed by atoms with Gasteiger partial charge in [-0.2, -0.15) is 24.6 Å². The number of amides is 1. The average molecular weight is 714 g/mol. The number of alkyl carbamates (subject to hydrolysis) is 1. The summed E-state index contributed by atoms with van der Waals surface area (Å²) < 4.78 is 69.2. The van der Waals surface area contributed by atoms with Crippen LogP contribution in [0.3, 0.4) is 0 Å². The number of ketones is 1. The molecule has 0 radical (unpaired) electrons. The van der Waals surface area contributed by atoms with Gasteiger partial charge in [0.05, 0.1) is 29.1 Å². The zero-order chi connectivity index (χ0) is 36.7. The van der Waals surface area contributed by atoms with E-state index in [1.807, 2.05) is 0 Å². The van der Waals surface area contributed by atoms with E-state index >= 15 is 0 Å². The van der Waals surface area contributed by atoms with Crippen molar-refractivity contribution in [2.75, 3.05) is 7.11 Å². The van der Waals surface area contributed by atoms with E-state index in [4.69, 9.17) is 27.6 Å². The number of pyridine rings is 1. The third-order valence-corrected chi connectivity index (χ3v) is 8.18. The normalized spacial score (nSPS) is 12.7. The van der Waals surface area contributed by atoms with Gasteiger partial charge in [-0.25, -0.2) is 14.2 Å². The molecule has 1 aromatic heterocycles. The number of carbonyl (C=O) groups excluding carboxylic acids is 2. The van der Waals surface area contributed by atoms with Gasteiger partial charge in [0.1, 0.15) is 18.2 Å². The van der Waals surface area contributed by atoms with Gasteiger partial charge in [0, 0.05) is 23.1 Å². The maximum absolute atomic E-state index is 14.9. The SMILES string of the molecule is [C-]#[N+]OCc1ccc(C(=O)CCC(O)(c2cc(C(C)(C)NC(=O)OCc3ccccc3)cc(-c3ccc(F)c(Cl)c3)n2)C(F)(F)F)cc1OC. The number of aliphatic hydroxyl groups is 1. The van der Waals surface area contributed by atoms with Crippen molar-refractivity contribution in [3.63, 3.8) is 0 Å². The summed E-state index contributed by atoms with van der Waals surface area (Å²) in [7, 11) is 1.32. The number of methoxy groups -OCH3 is 1. The number of rotatable bonds is 13. The van der Waals surface area contributed by atoms with Gasteiger partial charge in [-0.1, -0.05) is 54.1 Å². The highest BCUT2D eigenvalue weighted by atomic mass is 35.5. The van der Waals surface area contributed by atoms with Gasteiger partial charge >= 0.3 is 12.3 Å². The van der Waals surface area contributed by atoms with E-state index in [2.05, 4.69) is 20.1 Å². The molecule has 9 nitrogen and oxygen atoms in total. The second-order valence-electron chi connectivity index (χ2n) is 11.7. The topological polar surface area (TPSA) is 111 Å². The average Bonchev–Trinajstić information content (AvgIpc) is 3.09. The number of nitrogens with one attached hydrogen (secondary N) is 1. The maximum atomic E-state index is 14.9. The predicted octanol–water partition coefficient (Wildman–Crippen LogP) is 8.48. The van der Waals surface area contributed by atoms with Crippen molar-refractivity contribution >= 4 is 23.5 Å². The Hall–Kier alpha value is -5.19. The standard InChI is InChI=1S/C36H32ClF4N3O6/c1-34(2,44-33(46)49-20-22-8-6-5-7-9-22)26-18-29(23-12-13-28(38)27(37)16-23)43-32(19-26)35(47,36(39,40)41)15-14-30(45)24-10-11-25(21-50-42-3)31(17-24)48-4/h5-13,16-19,47H,14-15,20-21H2,1-2,4H3,(H,44,46). The minimum absolute atomic E-state index is 0.000591. The molecule has 50 heavy (non-hydrogen) atoms. The molecule has 0 aliphatic carbocycles. The molecule has 2 N–H and O–H groups in total. The van der Waals surface area contributed by atoms with Gasteiger partial charge in [0.2, 0.25) is 12.2 Å². The van der Waals surface area contributed by atoms with Gasteiger partial charge in [-0.3, -0.25) is 4.79 Å². The molecule has 1 atom stereocenters. The van der Waals surface area contributed by atoms with Crippen molar-refractivity contribution in [1.29, 1.82) is 0 Å². The molecule has 1 amide bonds. The first-order valence-corrected chi connectivity index (χ1v) is 15.4. The molecule has 1 heterocycles. The number of halogens is 5. The van der Waals surface area contributed by atoms with Crippen molar-refractivity contribution in [2.24, 2.45) is 0 Å². The van der Waals surface area contributed by atoms with Crippen LogP contribution in [0.2, 0.25) is 5.02 Å². The number of alkyl halides is 3. The highest BCUT2D eigenvalue weighted by Gasteiger charge is 2.56. The fourth-order valence-electron chi connectivity index (χ4n) is 4.99. The Balaban J connectivity index is 1.71. The lowest BCUT2D eigenvalue weighted by atomic mass is 9.86. The minimum atomic E-state index is -5.33. The number of benzene rings is 3. The Bertz CT molecular complexity index is 1900. The highest BCUT2D eigenvalue weighted by molar-refractivity contribution is 6.31. The van der Waals surface area contributed by atoms with Crippen LogP contribution in [0.1, 0.15) is 59.4 Å². The zero-order valence-corrected chi connectivity index (χ0v) is 27.9. The molecule has 4 aromatic rings. The Morgan fingerprint density at radius 3 is 2.36 bits per heavy atom.